The molecule has 2 N–H and O–H groups in total. The van der Waals surface area contributed by atoms with Gasteiger partial charge in [0.15, 0.2) is 5.82 Å². The van der Waals surface area contributed by atoms with Gasteiger partial charge in [-0.05, 0) is 0 Å². The number of nitrogens with one attached hydrogen (secondary N) is 2. The minimum Gasteiger partial charge on any atom is -0.379 e. The van der Waals surface area contributed by atoms with E-state index in [-0.39, 0.29) is 6.03 Å². The number of anilines is 1. The van der Waals surface area contributed by atoms with Gasteiger partial charge in [-0.1, -0.05) is 5.16 Å². The van der Waals surface area contributed by atoms with Crippen LogP contribution in [0.2, 0.25) is 0 Å². The molecule has 2 heterocycles. The van der Waals surface area contributed by atoms with Gasteiger partial charge in [0.1, 0.15) is 6.26 Å². The van der Waals surface area contributed by atoms with E-state index in [1.807, 2.05) is 0 Å². The third-order valence-electron chi connectivity index (χ3n) is 2.50. The highest BCUT2D eigenvalue weighted by atomic mass is 16.5. The normalized spacial score (nSPS) is 16.7. The molecule has 0 spiro atoms. The SMILES string of the molecule is O=C(NCCN1CCOCC1)Nc1ccon1. The van der Waals surface area contributed by atoms with Crippen LogP contribution in [0, 0.1) is 0 Å². The fourth-order valence-electron chi connectivity index (χ4n) is 1.59. The zero-order chi connectivity index (χ0) is 11.9. The molecule has 0 bridgehead atoms. The molecule has 7 nitrogen and oxygen atoms in total. The van der Waals surface area contributed by atoms with E-state index < -0.39 is 0 Å². The third kappa shape index (κ3) is 4.04. The molecule has 0 radical (unpaired) electrons. The molecule has 2 amide bonds. The number of rotatable bonds is 4. The van der Waals surface area contributed by atoms with Crippen molar-refractivity contribution in [3.63, 3.8) is 0 Å². The van der Waals surface area contributed by atoms with Crippen LogP contribution in [-0.4, -0.2) is 55.5 Å². The number of amides is 2. The van der Waals surface area contributed by atoms with E-state index in [9.17, 15) is 4.79 Å². The number of ether oxygens (including phenoxy) is 1. The summed E-state index contributed by atoms with van der Waals surface area (Å²) >= 11 is 0. The molecule has 1 aliphatic heterocycles. The van der Waals surface area contributed by atoms with Crippen molar-refractivity contribution < 1.29 is 14.1 Å². The van der Waals surface area contributed by atoms with Gasteiger partial charge >= 0.3 is 6.03 Å². The Bertz CT molecular complexity index is 335. The summed E-state index contributed by atoms with van der Waals surface area (Å²) < 4.78 is 9.84. The lowest BCUT2D eigenvalue weighted by atomic mass is 10.4. The van der Waals surface area contributed by atoms with E-state index in [1.54, 1.807) is 6.07 Å². The third-order valence-corrected chi connectivity index (χ3v) is 2.50. The van der Waals surface area contributed by atoms with Crippen LogP contribution in [0.25, 0.3) is 0 Å². The Hall–Kier alpha value is -1.60. The van der Waals surface area contributed by atoms with Crippen LogP contribution in [0.1, 0.15) is 0 Å². The molecule has 1 saturated heterocycles. The Morgan fingerprint density at radius 3 is 3.00 bits per heavy atom. The van der Waals surface area contributed by atoms with Gasteiger partial charge in [0.2, 0.25) is 0 Å². The van der Waals surface area contributed by atoms with Gasteiger partial charge in [0.25, 0.3) is 0 Å². The van der Waals surface area contributed by atoms with Crippen LogP contribution >= 0.6 is 0 Å². The summed E-state index contributed by atoms with van der Waals surface area (Å²) in [6.07, 6.45) is 1.41. The number of carbonyl (C=O) groups excluding carboxylic acids is 1. The molecule has 0 unspecified atom stereocenters. The molecule has 0 saturated carbocycles. The number of carbonyl (C=O) groups is 1. The Kier molecular flexibility index (Phi) is 4.34. The second kappa shape index (κ2) is 6.21. The summed E-state index contributed by atoms with van der Waals surface area (Å²) in [5.74, 6) is 0.411. The van der Waals surface area contributed by atoms with Crippen molar-refractivity contribution >= 4 is 11.8 Å². The number of nitrogens with zero attached hydrogens (tertiary/aromatic N) is 2. The van der Waals surface area contributed by atoms with Gasteiger partial charge in [0.05, 0.1) is 13.2 Å². The maximum Gasteiger partial charge on any atom is 0.320 e. The number of aromatic nitrogens is 1. The van der Waals surface area contributed by atoms with Crippen LogP contribution < -0.4 is 10.6 Å². The average Bonchev–Trinajstić information content (AvgIpc) is 2.83. The number of urea groups is 1. The van der Waals surface area contributed by atoms with Crippen molar-refractivity contribution in [3.8, 4) is 0 Å². The topological polar surface area (TPSA) is 79.6 Å². The average molecular weight is 240 g/mol. The van der Waals surface area contributed by atoms with E-state index in [1.165, 1.54) is 6.26 Å². The lowest BCUT2D eigenvalue weighted by Gasteiger charge is -2.26. The van der Waals surface area contributed by atoms with Crippen LogP contribution in [-0.2, 0) is 4.74 Å². The summed E-state index contributed by atoms with van der Waals surface area (Å²) in [4.78, 5) is 13.7. The standard InChI is InChI=1S/C10H16N4O3/c15-10(12-9-1-6-17-13-9)11-2-3-14-4-7-16-8-5-14/h1,6H,2-5,7-8H2,(H2,11,12,13,15). The van der Waals surface area contributed by atoms with Crippen molar-refractivity contribution in [3.05, 3.63) is 12.3 Å². The molecule has 94 valence electrons. The second-order valence-corrected chi connectivity index (χ2v) is 3.72. The van der Waals surface area contributed by atoms with Crippen molar-refractivity contribution in [2.24, 2.45) is 0 Å². The first-order chi connectivity index (χ1) is 8.34. The summed E-state index contributed by atoms with van der Waals surface area (Å²) in [7, 11) is 0. The van der Waals surface area contributed by atoms with E-state index in [0.717, 1.165) is 32.8 Å². The molecule has 0 aliphatic carbocycles. The highest BCUT2D eigenvalue weighted by molar-refractivity contribution is 5.87. The van der Waals surface area contributed by atoms with E-state index in [4.69, 9.17) is 4.74 Å². The number of hydrogen-bond acceptors (Lipinski definition) is 5. The fourth-order valence-corrected chi connectivity index (χ4v) is 1.59. The van der Waals surface area contributed by atoms with Crippen molar-refractivity contribution in [2.45, 2.75) is 0 Å². The summed E-state index contributed by atoms with van der Waals surface area (Å²) in [5.41, 5.74) is 0. The molecule has 7 heteroatoms. The smallest absolute Gasteiger partial charge is 0.320 e. The highest BCUT2D eigenvalue weighted by Crippen LogP contribution is 2.00. The fraction of sp³-hybridized carbons (Fsp3) is 0.600. The molecule has 1 aliphatic rings. The molecule has 1 fully saturated rings. The minimum absolute atomic E-state index is 0.271. The predicted molar refractivity (Wildman–Crippen MR) is 60.8 cm³/mol. The maximum absolute atomic E-state index is 11.4. The number of hydrogen-bond donors (Lipinski definition) is 2. The van der Waals surface area contributed by atoms with Gasteiger partial charge in [-0.3, -0.25) is 10.2 Å². The molecule has 17 heavy (non-hydrogen) atoms. The second-order valence-electron chi connectivity index (χ2n) is 3.72. The Balaban J connectivity index is 1.59. The molecule has 1 aromatic heterocycles. The van der Waals surface area contributed by atoms with Crippen molar-refractivity contribution in [1.82, 2.24) is 15.4 Å². The summed E-state index contributed by atoms with van der Waals surface area (Å²) in [6.45, 7) is 4.81. The monoisotopic (exact) mass is 240 g/mol. The zero-order valence-electron chi connectivity index (χ0n) is 9.52. The quantitative estimate of drug-likeness (QED) is 0.782. The van der Waals surface area contributed by atoms with Gasteiger partial charge in [-0.15, -0.1) is 0 Å². The van der Waals surface area contributed by atoms with Gasteiger partial charge in [0, 0.05) is 32.2 Å². The molecule has 1 aromatic rings. The van der Waals surface area contributed by atoms with Crippen molar-refractivity contribution in [1.29, 1.82) is 0 Å². The molecule has 2 rings (SSSR count). The van der Waals surface area contributed by atoms with Gasteiger partial charge < -0.3 is 14.6 Å². The predicted octanol–water partition coefficient (Wildman–Crippen LogP) is 0.128. The largest absolute Gasteiger partial charge is 0.379 e. The minimum atomic E-state index is -0.271. The first-order valence-electron chi connectivity index (χ1n) is 5.60. The lowest BCUT2D eigenvalue weighted by molar-refractivity contribution is 0.0388. The molecule has 0 aromatic carbocycles. The molecular formula is C10H16N4O3. The Morgan fingerprint density at radius 1 is 1.47 bits per heavy atom. The van der Waals surface area contributed by atoms with Crippen LogP contribution in [0.4, 0.5) is 10.6 Å². The van der Waals surface area contributed by atoms with E-state index in [0.29, 0.717) is 12.4 Å². The van der Waals surface area contributed by atoms with Crippen molar-refractivity contribution in [2.75, 3.05) is 44.7 Å². The summed E-state index contributed by atoms with van der Waals surface area (Å²) in [6, 6.07) is 1.31. The molecular weight excluding hydrogens is 224 g/mol. The maximum atomic E-state index is 11.4. The first-order valence-corrected chi connectivity index (χ1v) is 5.60. The van der Waals surface area contributed by atoms with E-state index >= 15 is 0 Å². The lowest BCUT2D eigenvalue weighted by Crippen LogP contribution is -2.42. The van der Waals surface area contributed by atoms with Crippen LogP contribution in [0.5, 0.6) is 0 Å². The Labute approximate surface area is 99.1 Å². The van der Waals surface area contributed by atoms with Gasteiger partial charge in [-0.25, -0.2) is 4.79 Å². The first kappa shape index (κ1) is 11.9. The van der Waals surface area contributed by atoms with E-state index in [2.05, 4.69) is 25.2 Å². The molecule has 0 atom stereocenters. The van der Waals surface area contributed by atoms with Crippen LogP contribution in [0.15, 0.2) is 16.9 Å². The van der Waals surface area contributed by atoms with Crippen LogP contribution in [0.3, 0.4) is 0 Å². The highest BCUT2D eigenvalue weighted by Gasteiger charge is 2.10. The zero-order valence-corrected chi connectivity index (χ0v) is 9.52. The summed E-state index contributed by atoms with van der Waals surface area (Å²) in [5, 5.41) is 8.90. The van der Waals surface area contributed by atoms with Gasteiger partial charge in [-0.2, -0.15) is 0 Å². The Morgan fingerprint density at radius 2 is 2.29 bits per heavy atom. The number of morpholine rings is 1.